The number of carbonyl (C=O) groups is 1. The normalized spacial score (nSPS) is 50.4. The summed E-state index contributed by atoms with van der Waals surface area (Å²) in [5, 5.41) is 20.3. The van der Waals surface area contributed by atoms with E-state index in [9.17, 15) is 9.90 Å². The Hall–Kier alpha value is -0.570. The predicted octanol–water partition coefficient (Wildman–Crippen LogP) is 5.51. The molecule has 0 heterocycles. The van der Waals surface area contributed by atoms with Gasteiger partial charge in [-0.1, -0.05) is 33.6 Å². The van der Waals surface area contributed by atoms with E-state index in [2.05, 4.69) is 20.8 Å². The Morgan fingerprint density at radius 3 is 2.52 bits per heavy atom. The number of carboxylic acids is 1. The first-order valence-electron chi connectivity index (χ1n) is 11.7. The van der Waals surface area contributed by atoms with E-state index in [4.69, 9.17) is 5.11 Å². The van der Waals surface area contributed by atoms with E-state index in [1.54, 1.807) is 0 Å². The zero-order chi connectivity index (χ0) is 19.4. The highest BCUT2D eigenvalue weighted by molar-refractivity contribution is 5.66. The zero-order valence-electron chi connectivity index (χ0n) is 17.6. The summed E-state index contributed by atoms with van der Waals surface area (Å²) < 4.78 is 0. The Morgan fingerprint density at radius 2 is 1.78 bits per heavy atom. The molecule has 0 spiro atoms. The molecule has 0 aliphatic heterocycles. The molecule has 3 heteroatoms. The van der Waals surface area contributed by atoms with E-state index in [1.165, 1.54) is 51.4 Å². The highest BCUT2D eigenvalue weighted by atomic mass is 16.4. The van der Waals surface area contributed by atoms with Crippen LogP contribution in [0.4, 0.5) is 0 Å². The first kappa shape index (κ1) is 19.7. The third-order valence-corrected chi connectivity index (χ3v) is 10.2. The maximum Gasteiger partial charge on any atom is 0.303 e. The molecule has 4 aliphatic carbocycles. The Morgan fingerprint density at radius 1 is 1.04 bits per heavy atom. The van der Waals surface area contributed by atoms with Crippen molar-refractivity contribution in [3.05, 3.63) is 0 Å². The average molecular weight is 377 g/mol. The molecule has 0 saturated heterocycles. The van der Waals surface area contributed by atoms with E-state index in [0.717, 1.165) is 18.8 Å². The lowest BCUT2D eigenvalue weighted by molar-refractivity contribution is -0.164. The highest BCUT2D eigenvalue weighted by Crippen LogP contribution is 2.68. The summed E-state index contributed by atoms with van der Waals surface area (Å²) in [6.45, 7) is 7.33. The summed E-state index contributed by atoms with van der Waals surface area (Å²) in [6.07, 6.45) is 12.5. The van der Waals surface area contributed by atoms with Gasteiger partial charge >= 0.3 is 5.97 Å². The Labute approximate surface area is 165 Å². The fraction of sp³-hybridized carbons (Fsp3) is 0.958. The summed E-state index contributed by atoms with van der Waals surface area (Å²) in [7, 11) is 0. The molecule has 2 N–H and O–H groups in total. The second-order valence-electron chi connectivity index (χ2n) is 11.2. The molecule has 4 rings (SSSR count). The van der Waals surface area contributed by atoms with Crippen molar-refractivity contribution in [2.75, 3.05) is 0 Å². The third-order valence-electron chi connectivity index (χ3n) is 10.2. The van der Waals surface area contributed by atoms with E-state index >= 15 is 0 Å². The summed E-state index contributed by atoms with van der Waals surface area (Å²) in [4.78, 5) is 11.0. The predicted molar refractivity (Wildman–Crippen MR) is 107 cm³/mol. The Balaban J connectivity index is 1.56. The molecule has 0 radical (unpaired) electrons. The largest absolute Gasteiger partial charge is 0.481 e. The fourth-order valence-electron chi connectivity index (χ4n) is 8.78. The van der Waals surface area contributed by atoms with Gasteiger partial charge in [0.15, 0.2) is 0 Å². The van der Waals surface area contributed by atoms with Crippen LogP contribution in [0.5, 0.6) is 0 Å². The van der Waals surface area contributed by atoms with Crippen LogP contribution in [0.1, 0.15) is 91.4 Å². The number of aliphatic hydroxyl groups is 1. The molecule has 0 aromatic carbocycles. The summed E-state index contributed by atoms with van der Waals surface area (Å²) in [6, 6.07) is 0. The maximum atomic E-state index is 11.2. The minimum atomic E-state index is -0.663. The van der Waals surface area contributed by atoms with E-state index < -0.39 is 5.97 Å². The molecule has 0 aromatic rings. The van der Waals surface area contributed by atoms with Gasteiger partial charge in [0.25, 0.3) is 0 Å². The number of aliphatic carboxylic acids is 1. The lowest BCUT2D eigenvalue weighted by Gasteiger charge is -2.62. The standard InChI is InChI=1S/C24H40O3/c1-15(7-10-21(26)27)17-8-9-18-22-19(11-13-24(17,18)3)23(2)12-5-4-6-16(23)14-20(22)25/h15-20,22,25H,4-14H2,1-3H3,(H,26,27)/t15?,16?,17?,18?,19?,20?,22?,23-,24+/m0/s1. The monoisotopic (exact) mass is 376 g/mol. The molecule has 0 bridgehead atoms. The topological polar surface area (TPSA) is 57.5 Å². The Kier molecular flexibility index (Phi) is 5.15. The Bertz CT molecular complexity index is 574. The smallest absolute Gasteiger partial charge is 0.303 e. The van der Waals surface area contributed by atoms with Crippen molar-refractivity contribution in [3.63, 3.8) is 0 Å². The van der Waals surface area contributed by atoms with Crippen LogP contribution < -0.4 is 0 Å². The minimum absolute atomic E-state index is 0.108. The van der Waals surface area contributed by atoms with Crippen molar-refractivity contribution in [2.45, 2.75) is 97.5 Å². The molecule has 154 valence electrons. The fourth-order valence-corrected chi connectivity index (χ4v) is 8.78. The summed E-state index contributed by atoms with van der Waals surface area (Å²) in [5.41, 5.74) is 0.758. The van der Waals surface area contributed by atoms with Crippen LogP contribution in [-0.2, 0) is 4.79 Å². The van der Waals surface area contributed by atoms with E-state index in [0.29, 0.717) is 46.8 Å². The van der Waals surface area contributed by atoms with Crippen LogP contribution in [0.15, 0.2) is 0 Å². The zero-order valence-corrected chi connectivity index (χ0v) is 17.6. The number of aliphatic hydroxyl groups excluding tert-OH is 1. The molecule has 4 fully saturated rings. The molecule has 0 aromatic heterocycles. The summed E-state index contributed by atoms with van der Waals surface area (Å²) in [5.74, 6) is 3.02. The first-order chi connectivity index (χ1) is 12.8. The van der Waals surface area contributed by atoms with Crippen molar-refractivity contribution >= 4 is 5.97 Å². The molecular weight excluding hydrogens is 336 g/mol. The maximum absolute atomic E-state index is 11.2. The molecule has 7 unspecified atom stereocenters. The van der Waals surface area contributed by atoms with Crippen LogP contribution in [0.2, 0.25) is 0 Å². The SMILES string of the molecule is CC(CCC(=O)O)C1CCC2C3C(O)CC4CCCC[C@]4(C)C3CC[C@]12C. The van der Waals surface area contributed by atoms with Gasteiger partial charge in [-0.05, 0) is 97.7 Å². The van der Waals surface area contributed by atoms with Gasteiger partial charge in [-0.25, -0.2) is 0 Å². The number of carboxylic acid groups (broad SMARTS) is 1. The molecule has 9 atom stereocenters. The second-order valence-corrected chi connectivity index (χ2v) is 11.2. The van der Waals surface area contributed by atoms with Crippen LogP contribution in [0, 0.1) is 46.3 Å². The van der Waals surface area contributed by atoms with Crippen LogP contribution in [0.25, 0.3) is 0 Å². The van der Waals surface area contributed by atoms with Crippen LogP contribution >= 0.6 is 0 Å². The van der Waals surface area contributed by atoms with E-state index in [1.807, 2.05) is 0 Å². The van der Waals surface area contributed by atoms with Gasteiger partial charge in [-0.3, -0.25) is 4.79 Å². The third kappa shape index (κ3) is 3.07. The van der Waals surface area contributed by atoms with Crippen molar-refractivity contribution in [1.29, 1.82) is 0 Å². The lowest BCUT2D eigenvalue weighted by Crippen LogP contribution is -2.57. The quantitative estimate of drug-likeness (QED) is 0.680. The molecule has 27 heavy (non-hydrogen) atoms. The molecule has 0 amide bonds. The minimum Gasteiger partial charge on any atom is -0.481 e. The molecular formula is C24H40O3. The van der Waals surface area contributed by atoms with Crippen LogP contribution in [-0.4, -0.2) is 22.3 Å². The van der Waals surface area contributed by atoms with Gasteiger partial charge < -0.3 is 10.2 Å². The van der Waals surface area contributed by atoms with E-state index in [-0.39, 0.29) is 6.10 Å². The summed E-state index contributed by atoms with van der Waals surface area (Å²) >= 11 is 0. The molecule has 3 nitrogen and oxygen atoms in total. The van der Waals surface area contributed by atoms with Gasteiger partial charge in [0.05, 0.1) is 6.10 Å². The van der Waals surface area contributed by atoms with Gasteiger partial charge in [-0.2, -0.15) is 0 Å². The number of rotatable bonds is 4. The lowest BCUT2D eigenvalue weighted by atomic mass is 9.44. The van der Waals surface area contributed by atoms with Gasteiger partial charge in [0, 0.05) is 6.42 Å². The highest BCUT2D eigenvalue weighted by Gasteiger charge is 2.62. The van der Waals surface area contributed by atoms with Gasteiger partial charge in [0.2, 0.25) is 0 Å². The second kappa shape index (κ2) is 7.04. The van der Waals surface area contributed by atoms with Gasteiger partial charge in [-0.15, -0.1) is 0 Å². The average Bonchev–Trinajstić information content (AvgIpc) is 2.97. The van der Waals surface area contributed by atoms with Crippen molar-refractivity contribution in [2.24, 2.45) is 46.3 Å². The molecule has 4 aliphatic rings. The van der Waals surface area contributed by atoms with Crippen LogP contribution in [0.3, 0.4) is 0 Å². The molecule has 4 saturated carbocycles. The van der Waals surface area contributed by atoms with Crippen molar-refractivity contribution in [1.82, 2.24) is 0 Å². The van der Waals surface area contributed by atoms with Crippen molar-refractivity contribution < 1.29 is 15.0 Å². The first-order valence-corrected chi connectivity index (χ1v) is 11.7. The number of fused-ring (bicyclic) bond motifs is 5. The number of hydrogen-bond donors (Lipinski definition) is 2. The number of hydrogen-bond acceptors (Lipinski definition) is 2. The van der Waals surface area contributed by atoms with Gasteiger partial charge in [0.1, 0.15) is 0 Å². The van der Waals surface area contributed by atoms with Crippen molar-refractivity contribution in [3.8, 4) is 0 Å².